The van der Waals surface area contributed by atoms with Gasteiger partial charge in [-0.05, 0) is 27.2 Å². The summed E-state index contributed by atoms with van der Waals surface area (Å²) in [6.07, 6.45) is 2.90. The molecule has 1 aromatic heterocycles. The summed E-state index contributed by atoms with van der Waals surface area (Å²) in [7, 11) is 0. The Morgan fingerprint density at radius 2 is 2.23 bits per heavy atom. The van der Waals surface area contributed by atoms with Crippen LogP contribution in [0.15, 0.2) is 18.3 Å². The maximum Gasteiger partial charge on any atom is 0.115 e. The molecule has 0 aliphatic rings. The Labute approximate surface area is 80.1 Å². The van der Waals surface area contributed by atoms with Crippen LogP contribution in [0.3, 0.4) is 0 Å². The minimum Gasteiger partial charge on any atom is -0.345 e. The molecule has 1 rings (SSSR count). The predicted molar refractivity (Wildman–Crippen MR) is 55.8 cm³/mol. The highest BCUT2D eigenvalue weighted by molar-refractivity contribution is 5.22. The summed E-state index contributed by atoms with van der Waals surface area (Å²) in [5, 5.41) is 0. The summed E-state index contributed by atoms with van der Waals surface area (Å²) in [5.74, 6) is 1.01. The minimum absolute atomic E-state index is 0.0482. The third-order valence-corrected chi connectivity index (χ3v) is 2.67. The van der Waals surface area contributed by atoms with Crippen LogP contribution in [-0.2, 0) is 11.8 Å². The molecule has 72 valence electrons. The third kappa shape index (κ3) is 1.82. The molecule has 0 spiro atoms. The lowest BCUT2D eigenvalue weighted by atomic mass is 9.85. The van der Waals surface area contributed by atoms with Crippen LogP contribution >= 0.6 is 0 Å². The lowest BCUT2D eigenvalue weighted by molar-refractivity contribution is 0.584. The third-order valence-electron chi connectivity index (χ3n) is 2.67. The van der Waals surface area contributed by atoms with Gasteiger partial charge in [-0.3, -0.25) is 0 Å². The first-order chi connectivity index (χ1) is 5.98. The summed E-state index contributed by atoms with van der Waals surface area (Å²) in [6.45, 7) is 12.4. The molecule has 0 saturated carbocycles. The van der Waals surface area contributed by atoms with Crippen molar-refractivity contribution in [3.63, 3.8) is 0 Å². The number of nitrogens with one attached hydrogen (secondary N) is 1. The van der Waals surface area contributed by atoms with E-state index in [1.807, 2.05) is 13.1 Å². The van der Waals surface area contributed by atoms with Gasteiger partial charge in [-0.2, -0.15) is 0 Å². The number of hydrogen-bond donors (Lipinski definition) is 1. The fourth-order valence-corrected chi connectivity index (χ4v) is 1.06. The summed E-state index contributed by atoms with van der Waals surface area (Å²) in [6, 6.07) is 0. The normalized spacial score (nSPS) is 11.7. The van der Waals surface area contributed by atoms with Gasteiger partial charge in [0.25, 0.3) is 0 Å². The molecule has 0 bridgehead atoms. The van der Waals surface area contributed by atoms with Crippen molar-refractivity contribution in [1.29, 1.82) is 0 Å². The number of rotatable bonds is 3. The van der Waals surface area contributed by atoms with Crippen LogP contribution in [-0.4, -0.2) is 9.97 Å². The van der Waals surface area contributed by atoms with Crippen molar-refractivity contribution >= 4 is 0 Å². The molecule has 0 fully saturated rings. The molecule has 1 aromatic rings. The highest BCUT2D eigenvalue weighted by Gasteiger charge is 2.24. The highest BCUT2D eigenvalue weighted by atomic mass is 14.9. The maximum absolute atomic E-state index is 4.36. The van der Waals surface area contributed by atoms with Gasteiger partial charge in [0.05, 0.1) is 0 Å². The quantitative estimate of drug-likeness (QED) is 0.708. The zero-order chi connectivity index (χ0) is 10.1. The molecule has 0 atom stereocenters. The maximum atomic E-state index is 4.36. The van der Waals surface area contributed by atoms with Gasteiger partial charge in [0.15, 0.2) is 0 Å². The largest absolute Gasteiger partial charge is 0.345 e. The summed E-state index contributed by atoms with van der Waals surface area (Å²) in [5.41, 5.74) is 2.27. The molecular formula is C11H18N2. The van der Waals surface area contributed by atoms with Crippen molar-refractivity contribution in [2.45, 2.75) is 39.5 Å². The van der Waals surface area contributed by atoms with Crippen LogP contribution < -0.4 is 0 Å². The zero-order valence-electron chi connectivity index (χ0n) is 8.94. The number of nitrogens with zero attached hydrogens (tertiary/aromatic N) is 1. The Balaban J connectivity index is 3.00. The van der Waals surface area contributed by atoms with Crippen molar-refractivity contribution in [2.75, 3.05) is 0 Å². The second kappa shape index (κ2) is 3.36. The van der Waals surface area contributed by atoms with E-state index in [0.29, 0.717) is 0 Å². The molecule has 0 radical (unpaired) electrons. The second-order valence-electron chi connectivity index (χ2n) is 4.02. The van der Waals surface area contributed by atoms with Gasteiger partial charge in [0.1, 0.15) is 5.82 Å². The average Bonchev–Trinajstić information content (AvgIpc) is 2.51. The molecule has 2 nitrogen and oxygen atoms in total. The molecule has 0 aliphatic heterocycles. The standard InChI is InChI=1S/C11H18N2/c1-6-9-7-12-10(13-9)11(4,5)8(2)3/h7H,2,6H2,1,3-5H3,(H,12,13). The fourth-order valence-electron chi connectivity index (χ4n) is 1.06. The molecule has 1 N–H and O–H groups in total. The number of imidazole rings is 1. The highest BCUT2D eigenvalue weighted by Crippen LogP contribution is 2.27. The van der Waals surface area contributed by atoms with Crippen LogP contribution in [0.5, 0.6) is 0 Å². The molecule has 0 aliphatic carbocycles. The van der Waals surface area contributed by atoms with E-state index in [1.165, 1.54) is 5.69 Å². The van der Waals surface area contributed by atoms with E-state index in [2.05, 4.69) is 37.3 Å². The van der Waals surface area contributed by atoms with Crippen LogP contribution in [0.2, 0.25) is 0 Å². The first-order valence-electron chi connectivity index (χ1n) is 4.68. The van der Waals surface area contributed by atoms with E-state index in [-0.39, 0.29) is 5.41 Å². The molecule has 0 saturated heterocycles. The number of aromatic amines is 1. The smallest absolute Gasteiger partial charge is 0.115 e. The van der Waals surface area contributed by atoms with Crippen molar-refractivity contribution in [1.82, 2.24) is 9.97 Å². The first-order valence-corrected chi connectivity index (χ1v) is 4.68. The predicted octanol–water partition coefficient (Wildman–Crippen LogP) is 2.83. The topological polar surface area (TPSA) is 28.7 Å². The minimum atomic E-state index is -0.0482. The van der Waals surface area contributed by atoms with Crippen molar-refractivity contribution in [2.24, 2.45) is 0 Å². The van der Waals surface area contributed by atoms with E-state index in [4.69, 9.17) is 0 Å². The van der Waals surface area contributed by atoms with E-state index in [9.17, 15) is 0 Å². The summed E-state index contributed by atoms with van der Waals surface area (Å²) < 4.78 is 0. The summed E-state index contributed by atoms with van der Waals surface area (Å²) >= 11 is 0. The van der Waals surface area contributed by atoms with Gasteiger partial charge in [0, 0.05) is 17.3 Å². The Morgan fingerprint density at radius 3 is 2.62 bits per heavy atom. The van der Waals surface area contributed by atoms with Crippen LogP contribution in [0.25, 0.3) is 0 Å². The van der Waals surface area contributed by atoms with E-state index < -0.39 is 0 Å². The number of H-pyrrole nitrogens is 1. The van der Waals surface area contributed by atoms with Gasteiger partial charge >= 0.3 is 0 Å². The van der Waals surface area contributed by atoms with Crippen LogP contribution in [0, 0.1) is 0 Å². The van der Waals surface area contributed by atoms with Crippen molar-refractivity contribution < 1.29 is 0 Å². The molecular weight excluding hydrogens is 160 g/mol. The lowest BCUT2D eigenvalue weighted by Crippen LogP contribution is -2.19. The van der Waals surface area contributed by atoms with Gasteiger partial charge in [-0.1, -0.05) is 19.1 Å². The SMILES string of the molecule is C=C(C)C(C)(C)c1ncc(CC)[nH]1. The fraction of sp³-hybridized carbons (Fsp3) is 0.545. The number of hydrogen-bond acceptors (Lipinski definition) is 1. The zero-order valence-corrected chi connectivity index (χ0v) is 8.94. The van der Waals surface area contributed by atoms with Gasteiger partial charge in [0.2, 0.25) is 0 Å². The van der Waals surface area contributed by atoms with E-state index in [1.54, 1.807) is 0 Å². The van der Waals surface area contributed by atoms with Gasteiger partial charge < -0.3 is 4.98 Å². The Kier molecular flexibility index (Phi) is 2.60. The molecule has 0 amide bonds. The molecule has 0 unspecified atom stereocenters. The Hall–Kier alpha value is -1.05. The van der Waals surface area contributed by atoms with Gasteiger partial charge in [-0.15, -0.1) is 0 Å². The van der Waals surface area contributed by atoms with Crippen molar-refractivity contribution in [3.05, 3.63) is 29.9 Å². The Bertz CT molecular complexity index is 308. The molecule has 1 heterocycles. The molecule has 0 aromatic carbocycles. The number of allylic oxidation sites excluding steroid dienone is 1. The molecule has 13 heavy (non-hydrogen) atoms. The van der Waals surface area contributed by atoms with Crippen LogP contribution in [0.1, 0.15) is 39.2 Å². The van der Waals surface area contributed by atoms with E-state index >= 15 is 0 Å². The van der Waals surface area contributed by atoms with Gasteiger partial charge in [-0.25, -0.2) is 4.98 Å². The summed E-state index contributed by atoms with van der Waals surface area (Å²) in [4.78, 5) is 7.68. The average molecular weight is 178 g/mol. The van der Waals surface area contributed by atoms with Crippen LogP contribution in [0.4, 0.5) is 0 Å². The Morgan fingerprint density at radius 1 is 1.62 bits per heavy atom. The van der Waals surface area contributed by atoms with Crippen molar-refractivity contribution in [3.8, 4) is 0 Å². The number of aryl methyl sites for hydroxylation is 1. The lowest BCUT2D eigenvalue weighted by Gasteiger charge is -2.22. The second-order valence-corrected chi connectivity index (χ2v) is 4.02. The monoisotopic (exact) mass is 178 g/mol. The van der Waals surface area contributed by atoms with E-state index in [0.717, 1.165) is 17.8 Å². The first kappa shape index (κ1) is 10.0. The number of aromatic nitrogens is 2. The molecule has 2 heteroatoms.